The minimum absolute atomic E-state index is 0.0807. The first-order valence-electron chi connectivity index (χ1n) is 7.52. The molecule has 0 saturated carbocycles. The average Bonchev–Trinajstić information content (AvgIpc) is 2.36. The number of hydrogen-bond acceptors (Lipinski definition) is 2. The van der Waals surface area contributed by atoms with Gasteiger partial charge in [0, 0.05) is 5.33 Å². The van der Waals surface area contributed by atoms with Crippen LogP contribution in [0.3, 0.4) is 0 Å². The molecule has 0 bridgehead atoms. The van der Waals surface area contributed by atoms with E-state index >= 15 is 0 Å². The molecule has 108 valence electrons. The van der Waals surface area contributed by atoms with E-state index in [0.29, 0.717) is 18.4 Å². The van der Waals surface area contributed by atoms with Gasteiger partial charge in [-0.15, -0.1) is 0 Å². The van der Waals surface area contributed by atoms with Crippen LogP contribution < -0.4 is 0 Å². The van der Waals surface area contributed by atoms with Gasteiger partial charge in [-0.1, -0.05) is 80.6 Å². The molecule has 0 spiro atoms. The number of carbonyl (C=O) groups excluding carboxylic acids is 1. The maximum Gasteiger partial charge on any atom is 0.306 e. The standard InChI is InChI=1S/C15H29BrO2/c1-2-3-4-5-6-7-8-9-10-11-14-18-15(17)12-13-16/h2-14H2,1H3. The highest BCUT2D eigenvalue weighted by Gasteiger charge is 2.00. The van der Waals surface area contributed by atoms with E-state index in [-0.39, 0.29) is 5.97 Å². The van der Waals surface area contributed by atoms with Gasteiger partial charge >= 0.3 is 5.97 Å². The van der Waals surface area contributed by atoms with Crippen molar-refractivity contribution < 1.29 is 9.53 Å². The van der Waals surface area contributed by atoms with Crippen LogP contribution in [-0.2, 0) is 9.53 Å². The van der Waals surface area contributed by atoms with E-state index in [0.717, 1.165) is 6.42 Å². The molecule has 0 amide bonds. The van der Waals surface area contributed by atoms with E-state index in [1.165, 1.54) is 57.8 Å². The Hall–Kier alpha value is -0.0500. The summed E-state index contributed by atoms with van der Waals surface area (Å²) in [6.45, 7) is 2.85. The Morgan fingerprint density at radius 1 is 0.889 bits per heavy atom. The van der Waals surface area contributed by atoms with Gasteiger partial charge in [-0.05, 0) is 6.42 Å². The second-order valence-electron chi connectivity index (χ2n) is 4.84. The van der Waals surface area contributed by atoms with Gasteiger partial charge in [0.05, 0.1) is 13.0 Å². The number of halogens is 1. The molecule has 0 aliphatic carbocycles. The predicted octanol–water partition coefficient (Wildman–Crippen LogP) is 5.24. The molecule has 0 N–H and O–H groups in total. The van der Waals surface area contributed by atoms with Crippen LogP contribution in [0, 0.1) is 0 Å². The highest BCUT2D eigenvalue weighted by Crippen LogP contribution is 2.10. The summed E-state index contributed by atoms with van der Waals surface area (Å²) in [5.74, 6) is -0.0807. The van der Waals surface area contributed by atoms with Gasteiger partial charge in [0.2, 0.25) is 0 Å². The van der Waals surface area contributed by atoms with Gasteiger partial charge in [-0.2, -0.15) is 0 Å². The van der Waals surface area contributed by atoms with E-state index in [2.05, 4.69) is 22.9 Å². The minimum atomic E-state index is -0.0807. The molecule has 0 unspecified atom stereocenters. The van der Waals surface area contributed by atoms with Crippen LogP contribution in [-0.4, -0.2) is 17.9 Å². The molecule has 2 nitrogen and oxygen atoms in total. The first kappa shape index (κ1) is 17.9. The van der Waals surface area contributed by atoms with Gasteiger partial charge in [-0.25, -0.2) is 0 Å². The summed E-state index contributed by atoms with van der Waals surface area (Å²) in [7, 11) is 0. The molecule has 0 aromatic rings. The fraction of sp³-hybridized carbons (Fsp3) is 0.933. The first-order valence-corrected chi connectivity index (χ1v) is 8.65. The Morgan fingerprint density at radius 3 is 1.89 bits per heavy atom. The minimum Gasteiger partial charge on any atom is -0.466 e. The third-order valence-corrected chi connectivity index (χ3v) is 3.46. The smallest absolute Gasteiger partial charge is 0.306 e. The van der Waals surface area contributed by atoms with E-state index in [4.69, 9.17) is 4.74 Å². The van der Waals surface area contributed by atoms with Crippen LogP contribution in [0.25, 0.3) is 0 Å². The number of esters is 1. The molecule has 0 aromatic carbocycles. The zero-order chi connectivity index (χ0) is 13.5. The van der Waals surface area contributed by atoms with Crippen LogP contribution in [0.1, 0.15) is 77.6 Å². The normalized spacial score (nSPS) is 10.6. The van der Waals surface area contributed by atoms with Gasteiger partial charge < -0.3 is 4.74 Å². The lowest BCUT2D eigenvalue weighted by molar-refractivity contribution is -0.143. The molecule has 0 atom stereocenters. The molecular formula is C15H29BrO2. The van der Waals surface area contributed by atoms with Crippen molar-refractivity contribution in [2.24, 2.45) is 0 Å². The van der Waals surface area contributed by atoms with Gasteiger partial charge in [0.1, 0.15) is 0 Å². The summed E-state index contributed by atoms with van der Waals surface area (Å²) in [6, 6.07) is 0. The second kappa shape index (κ2) is 15.0. The van der Waals surface area contributed by atoms with Crippen molar-refractivity contribution in [3.63, 3.8) is 0 Å². The molecule has 18 heavy (non-hydrogen) atoms. The van der Waals surface area contributed by atoms with E-state index < -0.39 is 0 Å². The summed E-state index contributed by atoms with van der Waals surface area (Å²) in [6.07, 6.45) is 13.6. The maximum absolute atomic E-state index is 11.1. The molecule has 0 aliphatic heterocycles. The number of unbranched alkanes of at least 4 members (excludes halogenated alkanes) is 9. The summed E-state index contributed by atoms with van der Waals surface area (Å²) in [5, 5.41) is 0.698. The van der Waals surface area contributed by atoms with Crippen molar-refractivity contribution in [3.05, 3.63) is 0 Å². The van der Waals surface area contributed by atoms with Crippen molar-refractivity contribution in [1.29, 1.82) is 0 Å². The van der Waals surface area contributed by atoms with E-state index in [1.807, 2.05) is 0 Å². The Morgan fingerprint density at radius 2 is 1.39 bits per heavy atom. The number of ether oxygens (including phenoxy) is 1. The van der Waals surface area contributed by atoms with Crippen molar-refractivity contribution in [1.82, 2.24) is 0 Å². The predicted molar refractivity (Wildman–Crippen MR) is 81.2 cm³/mol. The van der Waals surface area contributed by atoms with Crippen LogP contribution in [0.2, 0.25) is 0 Å². The average molecular weight is 321 g/mol. The molecule has 0 rings (SSSR count). The lowest BCUT2D eigenvalue weighted by Crippen LogP contribution is -2.05. The van der Waals surface area contributed by atoms with Crippen molar-refractivity contribution in [2.45, 2.75) is 77.6 Å². The number of hydrogen-bond donors (Lipinski definition) is 0. The topological polar surface area (TPSA) is 26.3 Å². The van der Waals surface area contributed by atoms with Crippen LogP contribution in [0.15, 0.2) is 0 Å². The maximum atomic E-state index is 11.1. The summed E-state index contributed by atoms with van der Waals surface area (Å²) in [4.78, 5) is 11.1. The Labute approximate surface area is 121 Å². The molecule has 0 aliphatic rings. The molecule has 3 heteroatoms. The molecule has 0 heterocycles. The number of rotatable bonds is 13. The van der Waals surface area contributed by atoms with Crippen molar-refractivity contribution in [3.8, 4) is 0 Å². The Balaban J connectivity index is 3.01. The third kappa shape index (κ3) is 14.0. The Kier molecular flexibility index (Phi) is 15.0. The fourth-order valence-corrected chi connectivity index (χ4v) is 2.25. The van der Waals surface area contributed by atoms with Crippen molar-refractivity contribution in [2.75, 3.05) is 11.9 Å². The van der Waals surface area contributed by atoms with Crippen molar-refractivity contribution >= 4 is 21.9 Å². The molecular weight excluding hydrogens is 292 g/mol. The summed E-state index contributed by atoms with van der Waals surface area (Å²) >= 11 is 3.22. The summed E-state index contributed by atoms with van der Waals surface area (Å²) < 4.78 is 5.09. The van der Waals surface area contributed by atoms with E-state index in [1.54, 1.807) is 0 Å². The Bertz CT molecular complexity index is 183. The van der Waals surface area contributed by atoms with Gasteiger partial charge in [-0.3, -0.25) is 4.79 Å². The van der Waals surface area contributed by atoms with Gasteiger partial charge in [0.25, 0.3) is 0 Å². The van der Waals surface area contributed by atoms with Gasteiger partial charge in [0.15, 0.2) is 0 Å². The molecule has 0 radical (unpaired) electrons. The molecule has 0 fully saturated rings. The highest BCUT2D eigenvalue weighted by atomic mass is 79.9. The quantitative estimate of drug-likeness (QED) is 0.263. The van der Waals surface area contributed by atoms with Crippen LogP contribution in [0.4, 0.5) is 0 Å². The fourth-order valence-electron chi connectivity index (χ4n) is 1.92. The number of carbonyl (C=O) groups is 1. The largest absolute Gasteiger partial charge is 0.466 e. The second-order valence-corrected chi connectivity index (χ2v) is 5.63. The summed E-state index contributed by atoms with van der Waals surface area (Å²) in [5.41, 5.74) is 0. The first-order chi connectivity index (χ1) is 8.81. The van der Waals surface area contributed by atoms with E-state index in [9.17, 15) is 4.79 Å². The number of alkyl halides is 1. The third-order valence-electron chi connectivity index (χ3n) is 3.06. The zero-order valence-corrected chi connectivity index (χ0v) is 13.5. The SMILES string of the molecule is CCCCCCCCCCCCOC(=O)CCBr. The monoisotopic (exact) mass is 320 g/mol. The molecule has 0 saturated heterocycles. The van der Waals surface area contributed by atoms with Crippen LogP contribution >= 0.6 is 15.9 Å². The molecule has 0 aromatic heterocycles. The lowest BCUT2D eigenvalue weighted by Gasteiger charge is -2.04. The highest BCUT2D eigenvalue weighted by molar-refractivity contribution is 9.09. The zero-order valence-electron chi connectivity index (χ0n) is 11.9. The van der Waals surface area contributed by atoms with Crippen LogP contribution in [0.5, 0.6) is 0 Å². The lowest BCUT2D eigenvalue weighted by atomic mass is 10.1.